The SMILES string of the molecule is C.[C-]#[N+]c1ccc(C[C@@H](C(=O)NCC(=O)c2ccc(O[Si](C)(C)C(C)(C)C)c(Cl)c2)[C@H](C)O[Si](C)(C)C(C)(C)C)c(C)c1Cl.[C-]#[N+]c1ccc(C[C@@H](c2nnc(-c3ccc(O[Si](C)(C)C(C)(C)C)c(Cl)c3)o2)[C@H](C)O[Si](C)(C)C(C)(C)C)c(C)c1Cl. The maximum atomic E-state index is 13.7. The Morgan fingerprint density at radius 3 is 1.43 bits per heavy atom. The van der Waals surface area contributed by atoms with Crippen LogP contribution in [0.1, 0.15) is 149 Å². The molecule has 0 radical (unpaired) electrons. The fourth-order valence-corrected chi connectivity index (χ4v) is 14.1. The van der Waals surface area contributed by atoms with Crippen LogP contribution in [0.5, 0.6) is 11.5 Å². The first-order valence-corrected chi connectivity index (χ1v) is 42.1. The fourth-order valence-electron chi connectivity index (χ4n) is 8.11. The van der Waals surface area contributed by atoms with E-state index in [0.29, 0.717) is 73.2 Å². The number of ketones is 1. The number of nitrogens with zero attached hydrogens (tertiary/aromatic N) is 4. The number of hydrogen-bond acceptors (Lipinski definition) is 9. The molecule has 472 valence electrons. The van der Waals surface area contributed by atoms with Crippen molar-refractivity contribution in [2.75, 3.05) is 6.54 Å². The number of carbonyl (C=O) groups is 2. The Balaban J connectivity index is 0.000000445. The van der Waals surface area contributed by atoms with Crippen LogP contribution in [-0.4, -0.2) is 73.9 Å². The van der Waals surface area contributed by atoms with Crippen molar-refractivity contribution in [2.24, 2.45) is 5.92 Å². The van der Waals surface area contributed by atoms with Crippen LogP contribution in [0, 0.1) is 32.9 Å². The van der Waals surface area contributed by atoms with Crippen molar-refractivity contribution in [1.82, 2.24) is 15.5 Å². The second-order valence-electron chi connectivity index (χ2n) is 28.5. The van der Waals surface area contributed by atoms with Crippen molar-refractivity contribution in [3.05, 3.63) is 137 Å². The van der Waals surface area contributed by atoms with Gasteiger partial charge in [-0.15, -0.1) is 10.2 Å². The van der Waals surface area contributed by atoms with Gasteiger partial charge in [0.05, 0.1) is 63.8 Å². The largest absolute Gasteiger partial charge is 0.543 e. The summed E-state index contributed by atoms with van der Waals surface area (Å²) in [6.07, 6.45) is 0.296. The fraction of sp³-hybridized carbons (Fsp3) is 0.545. The van der Waals surface area contributed by atoms with E-state index >= 15 is 0 Å². The van der Waals surface area contributed by atoms with E-state index in [-0.39, 0.29) is 57.8 Å². The van der Waals surface area contributed by atoms with Gasteiger partial charge < -0.3 is 27.4 Å². The van der Waals surface area contributed by atoms with E-state index in [0.717, 1.165) is 27.8 Å². The highest BCUT2D eigenvalue weighted by Crippen LogP contribution is 2.45. The Labute approximate surface area is 540 Å². The van der Waals surface area contributed by atoms with Crippen molar-refractivity contribution in [3.63, 3.8) is 0 Å². The minimum Gasteiger partial charge on any atom is -0.543 e. The molecule has 0 bridgehead atoms. The summed E-state index contributed by atoms with van der Waals surface area (Å²) in [5.41, 5.74) is 5.44. The average Bonchev–Trinajstić information content (AvgIpc) is 1.60. The van der Waals surface area contributed by atoms with Crippen molar-refractivity contribution in [3.8, 4) is 23.0 Å². The maximum Gasteiger partial charge on any atom is 0.250 e. The molecule has 0 saturated heterocycles. The van der Waals surface area contributed by atoms with Gasteiger partial charge in [-0.05, 0) is 172 Å². The first-order chi connectivity index (χ1) is 38.7. The lowest BCUT2D eigenvalue weighted by Crippen LogP contribution is -2.48. The molecule has 0 fully saturated rings. The molecule has 0 saturated carbocycles. The lowest BCUT2D eigenvalue weighted by molar-refractivity contribution is -0.127. The number of nitrogens with one attached hydrogen (secondary N) is 1. The molecule has 1 aromatic heterocycles. The maximum absolute atomic E-state index is 13.7. The number of aromatic nitrogens is 2. The van der Waals surface area contributed by atoms with Crippen LogP contribution in [0.3, 0.4) is 0 Å². The van der Waals surface area contributed by atoms with Gasteiger partial charge >= 0.3 is 0 Å². The first kappa shape index (κ1) is 75.9. The zero-order chi connectivity index (χ0) is 65.0. The molecule has 1 heterocycles. The molecule has 5 rings (SSSR count). The molecule has 4 atom stereocenters. The van der Waals surface area contributed by atoms with E-state index < -0.39 is 45.3 Å². The number of hydrogen-bond donors (Lipinski definition) is 1. The van der Waals surface area contributed by atoms with Gasteiger partial charge in [-0.2, -0.15) is 0 Å². The molecule has 0 aliphatic rings. The van der Waals surface area contributed by atoms with Crippen molar-refractivity contribution in [1.29, 1.82) is 0 Å². The van der Waals surface area contributed by atoms with Gasteiger partial charge in [0.1, 0.15) is 11.5 Å². The Kier molecular flexibility index (Phi) is 25.7. The standard InChI is InChI=1S/C33H48Cl2N2O4Si2.C32H45Cl2N3O3Si2.CH4/c1-21-23(14-16-27(36-9)30(21)35)18-25(22(2)40-42(10,11)32(3,4)5)31(39)37-20-28(38)24-15-17-29(26(34)19-24)41-43(12,13)33(6,7)8;1-20-22(14-16-26(35-9)28(20)34)18-24(21(2)39-41(10,11)31(3,4)5)30-37-36-29(38-30)23-15-17-27(25(33)19-23)40-42(12,13)32(6,7)8;/h14-17,19,22,25H,18,20H2,1-8,10-13H3,(H,37,39);14-17,19,21,24H,18H2,1-8,10-13H3;1H4/t22-,25+;21-,24+;/m00./s1. The van der Waals surface area contributed by atoms with Crippen molar-refractivity contribution >= 4 is 103 Å². The second kappa shape index (κ2) is 29.1. The van der Waals surface area contributed by atoms with Crippen LogP contribution >= 0.6 is 46.4 Å². The molecule has 1 N–H and O–H groups in total. The van der Waals surface area contributed by atoms with Crippen LogP contribution in [0.4, 0.5) is 11.4 Å². The van der Waals surface area contributed by atoms with E-state index in [2.05, 4.69) is 168 Å². The molecule has 4 aromatic carbocycles. The Morgan fingerprint density at radius 1 is 0.593 bits per heavy atom. The van der Waals surface area contributed by atoms with E-state index in [1.807, 2.05) is 51.1 Å². The number of Topliss-reactive ketones (excluding diaryl/α,β-unsaturated/α-hetero) is 1. The minimum absolute atomic E-state index is 0. The van der Waals surface area contributed by atoms with Gasteiger partial charge in [0.15, 0.2) is 22.4 Å². The number of carbonyl (C=O) groups excluding carboxylic acids is 2. The van der Waals surface area contributed by atoms with E-state index in [9.17, 15) is 9.59 Å². The Morgan fingerprint density at radius 2 is 1.01 bits per heavy atom. The lowest BCUT2D eigenvalue weighted by atomic mass is 9.91. The summed E-state index contributed by atoms with van der Waals surface area (Å²) < 4.78 is 32.6. The lowest BCUT2D eigenvalue weighted by Gasteiger charge is -2.40. The third-order valence-corrected chi connectivity index (χ3v) is 37.5. The molecule has 12 nitrogen and oxygen atoms in total. The number of benzene rings is 4. The molecule has 1 amide bonds. The van der Waals surface area contributed by atoms with Gasteiger partial charge in [0, 0.05) is 11.1 Å². The Bertz CT molecular complexity index is 3290. The van der Waals surface area contributed by atoms with Gasteiger partial charge in [0.2, 0.25) is 29.1 Å². The van der Waals surface area contributed by atoms with Crippen LogP contribution in [0.15, 0.2) is 65.1 Å². The summed E-state index contributed by atoms with van der Waals surface area (Å²) in [4.78, 5) is 33.9. The highest BCUT2D eigenvalue weighted by Gasteiger charge is 2.44. The first-order valence-electron chi connectivity index (χ1n) is 29.0. The normalized spacial score (nSPS) is 14.1. The van der Waals surface area contributed by atoms with E-state index in [1.54, 1.807) is 30.3 Å². The summed E-state index contributed by atoms with van der Waals surface area (Å²) in [6.45, 7) is 66.0. The quantitative estimate of drug-likeness (QED) is 0.0460. The van der Waals surface area contributed by atoms with Crippen LogP contribution < -0.4 is 14.2 Å². The molecule has 0 spiro atoms. The smallest absolute Gasteiger partial charge is 0.250 e. The van der Waals surface area contributed by atoms with Crippen molar-refractivity contribution in [2.45, 2.75) is 222 Å². The zero-order valence-corrected chi connectivity index (χ0v) is 61.9. The summed E-state index contributed by atoms with van der Waals surface area (Å²) in [5.74, 6) is 0.733. The molecular formula is C66H97Cl4N5O7Si4. The topological polar surface area (TPSA) is 131 Å². The summed E-state index contributed by atoms with van der Waals surface area (Å²) in [5, 5.41) is 13.5. The highest BCUT2D eigenvalue weighted by molar-refractivity contribution is 6.76. The van der Waals surface area contributed by atoms with Crippen LogP contribution in [-0.2, 0) is 26.5 Å². The number of rotatable bonds is 20. The van der Waals surface area contributed by atoms with Gasteiger partial charge in [0.25, 0.3) is 16.6 Å². The number of amides is 1. The molecular weight excluding hydrogens is 1230 g/mol. The number of halogens is 4. The summed E-state index contributed by atoms with van der Waals surface area (Å²) >= 11 is 26.2. The van der Waals surface area contributed by atoms with E-state index in [4.69, 9.17) is 81.7 Å². The predicted molar refractivity (Wildman–Crippen MR) is 370 cm³/mol. The predicted octanol–water partition coefficient (Wildman–Crippen LogP) is 21.5. The molecule has 5 aromatic rings. The van der Waals surface area contributed by atoms with Gasteiger partial charge in [-0.1, -0.05) is 161 Å². The highest BCUT2D eigenvalue weighted by atomic mass is 35.5. The van der Waals surface area contributed by atoms with Crippen molar-refractivity contribution < 1.29 is 31.7 Å². The molecule has 0 unspecified atom stereocenters. The molecule has 20 heteroatoms. The third kappa shape index (κ3) is 18.9. The Hall–Kier alpha value is -4.31. The summed E-state index contributed by atoms with van der Waals surface area (Å²) in [6, 6.07) is 17.9. The second-order valence-corrected chi connectivity index (χ2v) is 49.0. The molecule has 0 aliphatic carbocycles. The minimum atomic E-state index is -2.21. The molecule has 0 aliphatic heterocycles. The third-order valence-electron chi connectivity index (χ3n) is 18.1. The monoisotopic (exact) mass is 1320 g/mol. The van der Waals surface area contributed by atoms with E-state index in [1.165, 1.54) is 0 Å². The molecule has 86 heavy (non-hydrogen) atoms. The van der Waals surface area contributed by atoms with Gasteiger partial charge in [-0.3, -0.25) is 9.59 Å². The average molecular weight is 1330 g/mol. The van der Waals surface area contributed by atoms with Gasteiger partial charge in [-0.25, -0.2) is 9.69 Å². The summed E-state index contributed by atoms with van der Waals surface area (Å²) in [7, 11) is -8.48. The zero-order valence-electron chi connectivity index (χ0n) is 54.9. The van der Waals surface area contributed by atoms with Crippen LogP contribution in [0.2, 0.25) is 92.6 Å². The van der Waals surface area contributed by atoms with Crippen LogP contribution in [0.25, 0.3) is 21.1 Å².